The lowest BCUT2D eigenvalue weighted by atomic mass is 9.67. The molecule has 9 aromatic carbocycles. The van der Waals surface area contributed by atoms with Crippen LogP contribution in [0.3, 0.4) is 0 Å². The van der Waals surface area contributed by atoms with Crippen molar-refractivity contribution in [3.8, 4) is 56.5 Å². The van der Waals surface area contributed by atoms with Gasteiger partial charge in [0.25, 0.3) is 0 Å². The number of hydrogen-bond acceptors (Lipinski definition) is 6. The number of furan rings is 1. The number of aromatic nitrogens is 4. The first kappa shape index (κ1) is 36.3. The van der Waals surface area contributed by atoms with Crippen molar-refractivity contribution >= 4 is 55.4 Å². The Bertz CT molecular complexity index is 3890. The Morgan fingerprint density at radius 2 is 1.00 bits per heavy atom. The number of hydrogen-bond donors (Lipinski definition) is 0. The Kier molecular flexibility index (Phi) is 7.77. The molecule has 0 amide bonds. The Morgan fingerprint density at radius 3 is 1.78 bits per heavy atom. The predicted octanol–water partition coefficient (Wildman–Crippen LogP) is 15.0. The Morgan fingerprint density at radius 1 is 0.385 bits per heavy atom. The lowest BCUT2D eigenvalue weighted by molar-refractivity contribution is 0.669. The largest absolute Gasteiger partial charge is 0.455 e. The van der Waals surface area contributed by atoms with Crippen LogP contribution in [0.15, 0.2) is 220 Å². The van der Waals surface area contributed by atoms with Gasteiger partial charge < -0.3 is 4.42 Å². The molecule has 0 saturated carbocycles. The fourth-order valence-corrected chi connectivity index (χ4v) is 12.0. The van der Waals surface area contributed by atoms with Gasteiger partial charge in [-0.1, -0.05) is 182 Å². The van der Waals surface area contributed by atoms with Crippen molar-refractivity contribution in [1.29, 1.82) is 0 Å². The van der Waals surface area contributed by atoms with E-state index in [1.54, 1.807) is 0 Å². The Balaban J connectivity index is 1.07. The van der Waals surface area contributed by atoms with Crippen LogP contribution in [0, 0.1) is 0 Å². The first-order valence-electron chi connectivity index (χ1n) is 21.9. The number of fused-ring (bicyclic) bond motifs is 16. The SMILES string of the molecule is c1ccc(-c2nc(-c3ccc4nc(-c5ccccc5)c5ccc6c(c5c4c3)Sc3ccccc3C63c4ccccc4-c4ccccc43)nc(-c3cccc4c3oc3ccccc34)n2)cc1. The van der Waals surface area contributed by atoms with Gasteiger partial charge in [-0.25, -0.2) is 19.9 Å². The monoisotopic (exact) mass is 846 g/mol. The molecule has 4 heterocycles. The van der Waals surface area contributed by atoms with Crippen LogP contribution in [0.4, 0.5) is 0 Å². The predicted molar refractivity (Wildman–Crippen MR) is 263 cm³/mol. The highest BCUT2D eigenvalue weighted by molar-refractivity contribution is 7.99. The Hall–Kier alpha value is -8.19. The number of para-hydroxylation sites is 2. The molecule has 6 heteroatoms. The average Bonchev–Trinajstić information content (AvgIpc) is 3.90. The first-order valence-corrected chi connectivity index (χ1v) is 22.7. The molecule has 1 aliphatic heterocycles. The van der Waals surface area contributed by atoms with Crippen LogP contribution in [0.1, 0.15) is 22.3 Å². The summed E-state index contributed by atoms with van der Waals surface area (Å²) in [7, 11) is 0. The minimum atomic E-state index is -0.524. The van der Waals surface area contributed by atoms with Crippen molar-refractivity contribution < 1.29 is 4.42 Å². The van der Waals surface area contributed by atoms with Gasteiger partial charge in [-0.05, 0) is 69.8 Å². The van der Waals surface area contributed by atoms with Crippen LogP contribution < -0.4 is 0 Å². The molecular formula is C59H34N4OS. The maximum Gasteiger partial charge on any atom is 0.167 e. The van der Waals surface area contributed by atoms with Gasteiger partial charge in [0.1, 0.15) is 11.2 Å². The average molecular weight is 847 g/mol. The summed E-state index contributed by atoms with van der Waals surface area (Å²) in [6, 6.07) is 73.2. The molecule has 0 atom stereocenters. The Labute approximate surface area is 378 Å². The van der Waals surface area contributed by atoms with Crippen molar-refractivity contribution in [3.63, 3.8) is 0 Å². The van der Waals surface area contributed by atoms with E-state index in [9.17, 15) is 0 Å². The molecule has 0 N–H and O–H groups in total. The minimum Gasteiger partial charge on any atom is -0.455 e. The van der Waals surface area contributed by atoms with Crippen molar-refractivity contribution in [2.45, 2.75) is 15.2 Å². The zero-order valence-electron chi connectivity index (χ0n) is 34.7. The standard InChI is InChI=1S/C59H34N4OS/c1-3-16-35(17-4-1)53-42-31-32-48-55(65-51-29-14-12-27-47(51)59(48)45-25-10-7-20-38(45)39-21-8-11-26-46(39)59)52(42)44-34-37(30-33-49(44)60-53)57-61-56(36-18-5-2-6-19-36)62-58(63-57)43-24-15-23-41-40-22-9-13-28-50(40)64-54(41)43/h1-34H. The van der Waals surface area contributed by atoms with Crippen LogP contribution in [0.25, 0.3) is 100 Å². The molecule has 0 bridgehead atoms. The molecule has 2 aliphatic rings. The molecule has 3 aromatic heterocycles. The summed E-state index contributed by atoms with van der Waals surface area (Å²) < 4.78 is 6.53. The van der Waals surface area contributed by atoms with Crippen LogP contribution >= 0.6 is 11.8 Å². The van der Waals surface area contributed by atoms with Crippen molar-refractivity contribution in [1.82, 2.24) is 19.9 Å². The highest BCUT2D eigenvalue weighted by Crippen LogP contribution is 2.63. The lowest BCUT2D eigenvalue weighted by Crippen LogP contribution is -2.32. The smallest absolute Gasteiger partial charge is 0.167 e. The lowest BCUT2D eigenvalue weighted by Gasteiger charge is -2.40. The summed E-state index contributed by atoms with van der Waals surface area (Å²) in [6.07, 6.45) is 0. The minimum absolute atomic E-state index is 0.524. The molecule has 65 heavy (non-hydrogen) atoms. The van der Waals surface area contributed by atoms with Crippen LogP contribution in [0.5, 0.6) is 0 Å². The van der Waals surface area contributed by atoms with E-state index in [0.29, 0.717) is 17.5 Å². The molecule has 302 valence electrons. The number of pyridine rings is 1. The van der Waals surface area contributed by atoms with Crippen LogP contribution in [-0.2, 0) is 5.41 Å². The number of benzene rings is 9. The third-order valence-electron chi connectivity index (χ3n) is 13.4. The van der Waals surface area contributed by atoms with E-state index >= 15 is 0 Å². The maximum absolute atomic E-state index is 6.53. The third-order valence-corrected chi connectivity index (χ3v) is 14.6. The van der Waals surface area contributed by atoms with E-state index in [0.717, 1.165) is 66.2 Å². The van der Waals surface area contributed by atoms with Crippen molar-refractivity contribution in [2.24, 2.45) is 0 Å². The topological polar surface area (TPSA) is 64.7 Å². The van der Waals surface area contributed by atoms with Gasteiger partial charge in [-0.15, -0.1) is 0 Å². The van der Waals surface area contributed by atoms with Gasteiger partial charge in [0.2, 0.25) is 0 Å². The molecule has 1 aliphatic carbocycles. The van der Waals surface area contributed by atoms with Crippen molar-refractivity contribution in [3.05, 3.63) is 229 Å². The quantitative estimate of drug-likeness (QED) is 0.164. The van der Waals surface area contributed by atoms with Gasteiger partial charge in [-0.2, -0.15) is 0 Å². The fourth-order valence-electron chi connectivity index (χ4n) is 10.6. The van der Waals surface area contributed by atoms with E-state index < -0.39 is 5.41 Å². The number of nitrogens with zero attached hydrogens (tertiary/aromatic N) is 4. The molecule has 0 unspecified atom stereocenters. The maximum atomic E-state index is 6.53. The van der Waals surface area contributed by atoms with E-state index in [1.165, 1.54) is 48.6 Å². The summed E-state index contributed by atoms with van der Waals surface area (Å²) in [5.41, 5.74) is 14.3. The first-order chi connectivity index (χ1) is 32.2. The van der Waals surface area contributed by atoms with Crippen molar-refractivity contribution in [2.75, 3.05) is 0 Å². The fraction of sp³-hybridized carbons (Fsp3) is 0.0169. The molecule has 12 aromatic rings. The van der Waals surface area contributed by atoms with E-state index in [1.807, 2.05) is 66.4 Å². The molecule has 5 nitrogen and oxygen atoms in total. The number of rotatable bonds is 4. The summed E-state index contributed by atoms with van der Waals surface area (Å²) in [5, 5.41) is 5.38. The van der Waals surface area contributed by atoms with Gasteiger partial charge in [-0.3, -0.25) is 0 Å². The second kappa shape index (κ2) is 13.9. The highest BCUT2D eigenvalue weighted by atomic mass is 32.2. The van der Waals surface area contributed by atoms with Gasteiger partial charge in [0.15, 0.2) is 17.5 Å². The molecule has 1 spiro atoms. The summed E-state index contributed by atoms with van der Waals surface area (Å²) >= 11 is 1.87. The van der Waals surface area contributed by atoms with E-state index in [2.05, 4.69) is 152 Å². The molecule has 0 saturated heterocycles. The molecule has 0 radical (unpaired) electrons. The van der Waals surface area contributed by atoms with Gasteiger partial charge in [0.05, 0.1) is 22.2 Å². The molecule has 0 fully saturated rings. The van der Waals surface area contributed by atoms with E-state index in [-0.39, 0.29) is 0 Å². The van der Waals surface area contributed by atoms with E-state index in [4.69, 9.17) is 24.4 Å². The molecular weight excluding hydrogens is 813 g/mol. The normalized spacial score (nSPS) is 13.3. The second-order valence-corrected chi connectivity index (χ2v) is 17.9. The zero-order valence-corrected chi connectivity index (χ0v) is 35.6. The summed E-state index contributed by atoms with van der Waals surface area (Å²) in [5.74, 6) is 1.71. The summed E-state index contributed by atoms with van der Waals surface area (Å²) in [4.78, 5) is 23.6. The van der Waals surface area contributed by atoms with Crippen LogP contribution in [0.2, 0.25) is 0 Å². The summed E-state index contributed by atoms with van der Waals surface area (Å²) in [6.45, 7) is 0. The van der Waals surface area contributed by atoms with Gasteiger partial charge >= 0.3 is 0 Å². The second-order valence-electron chi connectivity index (χ2n) is 16.8. The van der Waals surface area contributed by atoms with Crippen LogP contribution in [-0.4, -0.2) is 19.9 Å². The molecule has 14 rings (SSSR count). The zero-order chi connectivity index (χ0) is 42.6. The van der Waals surface area contributed by atoms with Gasteiger partial charge in [0, 0.05) is 53.4 Å². The third kappa shape index (κ3) is 5.23. The highest BCUT2D eigenvalue weighted by Gasteiger charge is 2.50.